The predicted molar refractivity (Wildman–Crippen MR) is 102 cm³/mol. The van der Waals surface area contributed by atoms with E-state index in [4.69, 9.17) is 4.74 Å². The smallest absolute Gasteiger partial charge is 0.339 e. The molecule has 0 saturated carbocycles. The maximum Gasteiger partial charge on any atom is 0.339 e. The van der Waals surface area contributed by atoms with Crippen LogP contribution in [0.4, 0.5) is 11.4 Å². The zero-order chi connectivity index (χ0) is 20.7. The van der Waals surface area contributed by atoms with E-state index in [-0.39, 0.29) is 23.7 Å². The molecule has 0 spiro atoms. The highest BCUT2D eigenvalue weighted by atomic mass is 16.5. The minimum Gasteiger partial charge on any atom is -0.465 e. The summed E-state index contributed by atoms with van der Waals surface area (Å²) in [7, 11) is 2.52. The van der Waals surface area contributed by atoms with Gasteiger partial charge in [0.15, 0.2) is 0 Å². The molecule has 0 heterocycles. The van der Waals surface area contributed by atoms with Crippen molar-refractivity contribution in [2.24, 2.45) is 0 Å². The molecule has 2 aromatic carbocycles. The van der Waals surface area contributed by atoms with Gasteiger partial charge in [-0.25, -0.2) is 9.59 Å². The van der Waals surface area contributed by atoms with Crippen LogP contribution in [-0.2, 0) is 19.1 Å². The first kappa shape index (κ1) is 20.6. The second-order valence-electron chi connectivity index (χ2n) is 5.73. The van der Waals surface area contributed by atoms with Crippen LogP contribution >= 0.6 is 0 Å². The van der Waals surface area contributed by atoms with E-state index in [0.717, 1.165) is 0 Å². The first-order valence-corrected chi connectivity index (χ1v) is 8.31. The largest absolute Gasteiger partial charge is 0.465 e. The number of hydrogen-bond acceptors (Lipinski definition) is 6. The number of carbonyl (C=O) groups excluding carboxylic acids is 4. The average Bonchev–Trinajstić information content (AvgIpc) is 2.71. The van der Waals surface area contributed by atoms with Gasteiger partial charge >= 0.3 is 11.9 Å². The number of hydrogen-bond donors (Lipinski definition) is 1. The molecule has 1 N–H and O–H groups in total. The number of esters is 2. The third kappa shape index (κ3) is 4.94. The number of nitrogens with zero attached hydrogens (tertiary/aromatic N) is 1. The van der Waals surface area contributed by atoms with Gasteiger partial charge in [-0.2, -0.15) is 0 Å². The minimum atomic E-state index is -0.585. The number of rotatable bonds is 6. The Morgan fingerprint density at radius 3 is 2.07 bits per heavy atom. The first-order chi connectivity index (χ1) is 13.4. The van der Waals surface area contributed by atoms with Gasteiger partial charge in [-0.05, 0) is 36.4 Å². The zero-order valence-corrected chi connectivity index (χ0v) is 15.7. The summed E-state index contributed by atoms with van der Waals surface area (Å²) in [5.74, 6) is -1.94. The van der Waals surface area contributed by atoms with E-state index in [1.165, 1.54) is 44.2 Å². The van der Waals surface area contributed by atoms with E-state index in [1.807, 2.05) is 0 Å². The number of ether oxygens (including phenoxy) is 2. The molecule has 0 bridgehead atoms. The fourth-order valence-electron chi connectivity index (χ4n) is 2.49. The van der Waals surface area contributed by atoms with Crippen LogP contribution in [0, 0.1) is 0 Å². The fourth-order valence-corrected chi connectivity index (χ4v) is 2.49. The zero-order valence-electron chi connectivity index (χ0n) is 15.7. The van der Waals surface area contributed by atoms with Crippen LogP contribution in [0.2, 0.25) is 0 Å². The van der Waals surface area contributed by atoms with Crippen molar-refractivity contribution in [3.8, 4) is 0 Å². The molecule has 8 heteroatoms. The Morgan fingerprint density at radius 2 is 1.50 bits per heavy atom. The molecule has 0 aromatic heterocycles. The van der Waals surface area contributed by atoms with Gasteiger partial charge in [0.2, 0.25) is 11.8 Å². The van der Waals surface area contributed by atoms with Crippen molar-refractivity contribution in [1.29, 1.82) is 0 Å². The van der Waals surface area contributed by atoms with Crippen molar-refractivity contribution in [2.45, 2.75) is 6.92 Å². The number of nitrogens with one attached hydrogen (secondary N) is 1. The number of para-hydroxylation sites is 1. The Balaban J connectivity index is 2.17. The van der Waals surface area contributed by atoms with Gasteiger partial charge in [-0.1, -0.05) is 12.1 Å². The predicted octanol–water partition coefficient (Wildman–Crippen LogP) is 2.25. The molecule has 8 nitrogen and oxygen atoms in total. The van der Waals surface area contributed by atoms with E-state index in [9.17, 15) is 19.2 Å². The average molecular weight is 384 g/mol. The highest BCUT2D eigenvalue weighted by molar-refractivity contribution is 6.05. The van der Waals surface area contributed by atoms with Crippen molar-refractivity contribution in [1.82, 2.24) is 0 Å². The molecule has 2 aromatic rings. The van der Waals surface area contributed by atoms with E-state index in [2.05, 4.69) is 10.1 Å². The number of amides is 2. The number of carbonyl (C=O) groups is 4. The second kappa shape index (κ2) is 9.31. The molecule has 2 amide bonds. The van der Waals surface area contributed by atoms with Gasteiger partial charge in [-0.3, -0.25) is 9.59 Å². The Bertz CT molecular complexity index is 892. The van der Waals surface area contributed by atoms with Crippen LogP contribution in [0.5, 0.6) is 0 Å². The van der Waals surface area contributed by atoms with Crippen LogP contribution < -0.4 is 10.2 Å². The molecule has 0 aliphatic heterocycles. The monoisotopic (exact) mass is 384 g/mol. The van der Waals surface area contributed by atoms with E-state index in [0.29, 0.717) is 11.3 Å². The molecule has 0 fully saturated rings. The Hall–Kier alpha value is -3.68. The van der Waals surface area contributed by atoms with Gasteiger partial charge in [-0.15, -0.1) is 0 Å². The molecule has 0 aliphatic rings. The van der Waals surface area contributed by atoms with Crippen LogP contribution in [0.1, 0.15) is 27.6 Å². The third-order valence-corrected chi connectivity index (χ3v) is 3.89. The summed E-state index contributed by atoms with van der Waals surface area (Å²) < 4.78 is 9.33. The van der Waals surface area contributed by atoms with Crippen LogP contribution in [-0.4, -0.2) is 44.5 Å². The van der Waals surface area contributed by atoms with Gasteiger partial charge in [0.05, 0.1) is 31.0 Å². The van der Waals surface area contributed by atoms with E-state index in [1.54, 1.807) is 30.3 Å². The van der Waals surface area contributed by atoms with Gasteiger partial charge < -0.3 is 19.7 Å². The van der Waals surface area contributed by atoms with E-state index < -0.39 is 17.8 Å². The van der Waals surface area contributed by atoms with Crippen molar-refractivity contribution in [3.63, 3.8) is 0 Å². The number of benzene rings is 2. The SMILES string of the molecule is COC(=O)c1ccc(N(CC(=O)Nc2ccccc2C(=O)OC)C(C)=O)cc1. The number of anilines is 2. The lowest BCUT2D eigenvalue weighted by molar-refractivity contribution is -0.120. The summed E-state index contributed by atoms with van der Waals surface area (Å²) in [4.78, 5) is 49.0. The molecule has 146 valence electrons. The topological polar surface area (TPSA) is 102 Å². The van der Waals surface area contributed by atoms with Crippen molar-refractivity contribution >= 4 is 35.1 Å². The second-order valence-corrected chi connectivity index (χ2v) is 5.73. The van der Waals surface area contributed by atoms with Crippen LogP contribution in [0.15, 0.2) is 48.5 Å². The molecule has 0 aliphatic carbocycles. The molecular formula is C20H20N2O6. The lowest BCUT2D eigenvalue weighted by atomic mass is 10.1. The van der Waals surface area contributed by atoms with E-state index >= 15 is 0 Å². The summed E-state index contributed by atoms with van der Waals surface area (Å²) in [6, 6.07) is 12.5. The molecule has 2 rings (SSSR count). The lowest BCUT2D eigenvalue weighted by Crippen LogP contribution is -2.36. The van der Waals surface area contributed by atoms with Crippen molar-refractivity contribution in [3.05, 3.63) is 59.7 Å². The van der Waals surface area contributed by atoms with Gasteiger partial charge in [0.1, 0.15) is 6.54 Å². The molecular weight excluding hydrogens is 364 g/mol. The Kier molecular flexibility index (Phi) is 6.86. The summed E-state index contributed by atoms with van der Waals surface area (Å²) in [5.41, 5.74) is 1.25. The standard InChI is InChI=1S/C20H20N2O6/c1-13(23)22(15-10-8-14(9-11-15)19(25)27-2)12-18(24)21-17-7-5-4-6-16(17)20(26)28-3/h4-11H,12H2,1-3H3,(H,21,24). The maximum atomic E-state index is 12.5. The highest BCUT2D eigenvalue weighted by Crippen LogP contribution is 2.18. The van der Waals surface area contributed by atoms with Gasteiger partial charge in [0.25, 0.3) is 0 Å². The van der Waals surface area contributed by atoms with Gasteiger partial charge in [0, 0.05) is 12.6 Å². The quantitative estimate of drug-likeness (QED) is 0.767. The summed E-state index contributed by atoms with van der Waals surface area (Å²) in [6.07, 6.45) is 0. The Morgan fingerprint density at radius 1 is 0.893 bits per heavy atom. The normalized spacial score (nSPS) is 9.96. The summed E-state index contributed by atoms with van der Waals surface area (Å²) in [6.45, 7) is 1.05. The summed E-state index contributed by atoms with van der Waals surface area (Å²) >= 11 is 0. The molecule has 0 saturated heterocycles. The molecule has 0 unspecified atom stereocenters. The van der Waals surface area contributed by atoms with Crippen LogP contribution in [0.3, 0.4) is 0 Å². The first-order valence-electron chi connectivity index (χ1n) is 8.31. The summed E-state index contributed by atoms with van der Waals surface area (Å²) in [5, 5.41) is 2.61. The van der Waals surface area contributed by atoms with Crippen LogP contribution in [0.25, 0.3) is 0 Å². The maximum absolute atomic E-state index is 12.5. The Labute approximate surface area is 162 Å². The highest BCUT2D eigenvalue weighted by Gasteiger charge is 2.19. The molecule has 0 atom stereocenters. The van der Waals surface area contributed by atoms with Crippen molar-refractivity contribution in [2.75, 3.05) is 31.0 Å². The minimum absolute atomic E-state index is 0.204. The third-order valence-electron chi connectivity index (χ3n) is 3.89. The molecule has 0 radical (unpaired) electrons. The fraction of sp³-hybridized carbons (Fsp3) is 0.200. The lowest BCUT2D eigenvalue weighted by Gasteiger charge is -2.21. The molecule has 28 heavy (non-hydrogen) atoms. The van der Waals surface area contributed by atoms with Crippen molar-refractivity contribution < 1.29 is 28.7 Å². The number of methoxy groups -OCH3 is 2.